The molecule has 0 aromatic heterocycles. The first-order valence-corrected chi connectivity index (χ1v) is 8.23. The second kappa shape index (κ2) is 6.01. The third kappa shape index (κ3) is 3.43. The smallest absolute Gasteiger partial charge is 0.163 e. The van der Waals surface area contributed by atoms with Crippen LogP contribution in [0.1, 0.15) is 30.1 Å². The van der Waals surface area contributed by atoms with Gasteiger partial charge in [0.25, 0.3) is 0 Å². The van der Waals surface area contributed by atoms with Gasteiger partial charge in [-0.3, -0.25) is 4.79 Å². The zero-order valence-corrected chi connectivity index (χ0v) is 12.0. The van der Waals surface area contributed by atoms with E-state index in [9.17, 15) is 17.6 Å². The number of rotatable bonds is 5. The summed E-state index contributed by atoms with van der Waals surface area (Å²) >= 11 is 0. The molecule has 2 rings (SSSR count). The van der Waals surface area contributed by atoms with E-state index in [1.54, 1.807) is 6.92 Å². The first-order valence-electron chi connectivity index (χ1n) is 6.52. The lowest BCUT2D eigenvalue weighted by Crippen LogP contribution is -2.30. The fourth-order valence-electron chi connectivity index (χ4n) is 2.35. The molecule has 0 spiro atoms. The van der Waals surface area contributed by atoms with Crippen molar-refractivity contribution in [2.45, 2.75) is 31.1 Å². The Kier molecular flexibility index (Phi) is 4.55. The van der Waals surface area contributed by atoms with Crippen LogP contribution in [-0.2, 0) is 14.6 Å². The number of halogens is 1. The van der Waals surface area contributed by atoms with Crippen LogP contribution in [-0.4, -0.2) is 37.9 Å². The van der Waals surface area contributed by atoms with E-state index in [2.05, 4.69) is 0 Å². The van der Waals surface area contributed by atoms with Gasteiger partial charge in [-0.25, -0.2) is 12.8 Å². The van der Waals surface area contributed by atoms with Gasteiger partial charge in [0.1, 0.15) is 5.82 Å². The van der Waals surface area contributed by atoms with Crippen molar-refractivity contribution in [1.82, 2.24) is 0 Å². The quantitative estimate of drug-likeness (QED) is 0.780. The second-order valence-electron chi connectivity index (χ2n) is 4.95. The zero-order chi connectivity index (χ0) is 14.8. The van der Waals surface area contributed by atoms with E-state index in [1.165, 1.54) is 24.3 Å². The van der Waals surface area contributed by atoms with Crippen LogP contribution in [0.25, 0.3) is 0 Å². The fraction of sp³-hybridized carbons (Fsp3) is 0.500. The van der Waals surface area contributed by atoms with Gasteiger partial charge in [-0.15, -0.1) is 0 Å². The highest BCUT2D eigenvalue weighted by Crippen LogP contribution is 2.22. The van der Waals surface area contributed by atoms with Crippen LogP contribution in [0.3, 0.4) is 0 Å². The predicted molar refractivity (Wildman–Crippen MR) is 73.0 cm³/mol. The summed E-state index contributed by atoms with van der Waals surface area (Å²) < 4.78 is 42.3. The number of hydrogen-bond acceptors (Lipinski definition) is 4. The Balaban J connectivity index is 1.97. The lowest BCUT2D eigenvalue weighted by molar-refractivity contribution is 0.0988. The Bertz CT molecular complexity index is 580. The third-order valence-electron chi connectivity index (χ3n) is 3.55. The molecule has 1 fully saturated rings. The summed E-state index contributed by atoms with van der Waals surface area (Å²) in [7, 11) is -3.34. The molecule has 1 saturated heterocycles. The van der Waals surface area contributed by atoms with Crippen LogP contribution < -0.4 is 0 Å². The molecule has 0 amide bonds. The highest BCUT2D eigenvalue weighted by molar-refractivity contribution is 7.92. The van der Waals surface area contributed by atoms with E-state index >= 15 is 0 Å². The van der Waals surface area contributed by atoms with Crippen molar-refractivity contribution < 1.29 is 22.3 Å². The molecule has 0 radical (unpaired) electrons. The molecule has 4 nitrogen and oxygen atoms in total. The lowest BCUT2D eigenvalue weighted by atomic mass is 10.1. The molecule has 110 valence electrons. The first-order chi connectivity index (χ1) is 9.40. The Labute approximate surface area is 117 Å². The summed E-state index contributed by atoms with van der Waals surface area (Å²) in [6.45, 7) is 2.17. The molecule has 20 heavy (non-hydrogen) atoms. The minimum atomic E-state index is -3.34. The standard InChI is InChI=1S/C14H17FO4S/c1-10-14(6-8-19-10)20(17,18)9-7-13(16)11-2-4-12(15)5-3-11/h2-5,10,14H,6-9H2,1H3. The molecule has 1 heterocycles. The van der Waals surface area contributed by atoms with Crippen molar-refractivity contribution in [3.63, 3.8) is 0 Å². The maximum Gasteiger partial charge on any atom is 0.163 e. The molecule has 2 unspecified atom stereocenters. The largest absolute Gasteiger partial charge is 0.377 e. The average Bonchev–Trinajstić information content (AvgIpc) is 2.84. The normalized spacial score (nSPS) is 22.9. The SMILES string of the molecule is CC1OCCC1S(=O)(=O)CCC(=O)c1ccc(F)cc1. The Morgan fingerprint density at radius 2 is 2.00 bits per heavy atom. The Hall–Kier alpha value is -1.27. The van der Waals surface area contributed by atoms with Crippen molar-refractivity contribution in [2.75, 3.05) is 12.4 Å². The average molecular weight is 300 g/mol. The number of hydrogen-bond donors (Lipinski definition) is 0. The van der Waals surface area contributed by atoms with Crippen molar-refractivity contribution in [1.29, 1.82) is 0 Å². The lowest BCUT2D eigenvalue weighted by Gasteiger charge is -2.14. The summed E-state index contributed by atoms with van der Waals surface area (Å²) in [5.41, 5.74) is 0.331. The summed E-state index contributed by atoms with van der Waals surface area (Å²) in [5.74, 6) is -0.909. The Morgan fingerprint density at radius 1 is 1.35 bits per heavy atom. The molecule has 1 aliphatic rings. The number of ether oxygens (including phenoxy) is 1. The van der Waals surface area contributed by atoms with Gasteiger partial charge in [0.15, 0.2) is 15.6 Å². The van der Waals surface area contributed by atoms with Crippen molar-refractivity contribution >= 4 is 15.6 Å². The van der Waals surface area contributed by atoms with Crippen LogP contribution in [0, 0.1) is 5.82 Å². The van der Waals surface area contributed by atoms with Gasteiger partial charge in [0, 0.05) is 18.6 Å². The second-order valence-corrected chi connectivity index (χ2v) is 7.29. The van der Waals surface area contributed by atoms with Gasteiger partial charge in [-0.1, -0.05) is 0 Å². The predicted octanol–water partition coefficient (Wildman–Crippen LogP) is 1.99. The van der Waals surface area contributed by atoms with Gasteiger partial charge in [-0.2, -0.15) is 0 Å². The molecule has 2 atom stereocenters. The Morgan fingerprint density at radius 3 is 2.55 bits per heavy atom. The van der Waals surface area contributed by atoms with Crippen molar-refractivity contribution in [3.05, 3.63) is 35.6 Å². The fourth-order valence-corrected chi connectivity index (χ4v) is 4.24. The number of Topliss-reactive ketones (excluding diaryl/α,β-unsaturated/α-hetero) is 1. The van der Waals surface area contributed by atoms with Crippen LogP contribution >= 0.6 is 0 Å². The van der Waals surface area contributed by atoms with E-state index < -0.39 is 20.9 Å². The van der Waals surface area contributed by atoms with E-state index in [0.717, 1.165) is 0 Å². The summed E-state index contributed by atoms with van der Waals surface area (Å²) in [6.07, 6.45) is 0.0757. The van der Waals surface area contributed by atoms with Gasteiger partial charge in [-0.05, 0) is 37.6 Å². The van der Waals surface area contributed by atoms with Gasteiger partial charge >= 0.3 is 0 Å². The zero-order valence-electron chi connectivity index (χ0n) is 11.2. The van der Waals surface area contributed by atoms with E-state index in [-0.39, 0.29) is 24.1 Å². The van der Waals surface area contributed by atoms with E-state index in [0.29, 0.717) is 18.6 Å². The number of benzene rings is 1. The molecule has 0 bridgehead atoms. The highest BCUT2D eigenvalue weighted by atomic mass is 32.2. The third-order valence-corrected chi connectivity index (χ3v) is 5.86. The van der Waals surface area contributed by atoms with Gasteiger partial charge in [0.2, 0.25) is 0 Å². The first kappa shape index (κ1) is 15.1. The van der Waals surface area contributed by atoms with Crippen molar-refractivity contribution in [3.8, 4) is 0 Å². The minimum absolute atomic E-state index is 0.0861. The van der Waals surface area contributed by atoms with Gasteiger partial charge in [0.05, 0.1) is 17.1 Å². The van der Waals surface area contributed by atoms with Crippen molar-refractivity contribution in [2.24, 2.45) is 0 Å². The summed E-state index contributed by atoms with van der Waals surface area (Å²) in [5, 5.41) is -0.525. The van der Waals surface area contributed by atoms with Crippen LogP contribution in [0.2, 0.25) is 0 Å². The number of ketones is 1. The summed E-state index contributed by atoms with van der Waals surface area (Å²) in [4.78, 5) is 11.9. The topological polar surface area (TPSA) is 60.4 Å². The molecule has 1 aromatic carbocycles. The highest BCUT2D eigenvalue weighted by Gasteiger charge is 2.35. The summed E-state index contributed by atoms with van der Waals surface area (Å²) in [6, 6.07) is 5.11. The minimum Gasteiger partial charge on any atom is -0.377 e. The number of carbonyl (C=O) groups is 1. The molecule has 1 aliphatic heterocycles. The molecule has 6 heteroatoms. The maximum atomic E-state index is 12.8. The molecular weight excluding hydrogens is 283 g/mol. The monoisotopic (exact) mass is 300 g/mol. The van der Waals surface area contributed by atoms with Crippen LogP contribution in [0.5, 0.6) is 0 Å². The maximum absolute atomic E-state index is 12.8. The molecule has 0 aliphatic carbocycles. The van der Waals surface area contributed by atoms with Crippen LogP contribution in [0.4, 0.5) is 4.39 Å². The van der Waals surface area contributed by atoms with E-state index in [1.807, 2.05) is 0 Å². The molecule has 0 saturated carbocycles. The number of carbonyl (C=O) groups excluding carboxylic acids is 1. The number of sulfone groups is 1. The van der Waals surface area contributed by atoms with E-state index in [4.69, 9.17) is 4.74 Å². The molecular formula is C14H17FO4S. The molecule has 0 N–H and O–H groups in total. The van der Waals surface area contributed by atoms with Gasteiger partial charge < -0.3 is 4.74 Å². The molecule has 1 aromatic rings. The van der Waals surface area contributed by atoms with Crippen LogP contribution in [0.15, 0.2) is 24.3 Å².